The predicted octanol–water partition coefficient (Wildman–Crippen LogP) is 2.18. The summed E-state index contributed by atoms with van der Waals surface area (Å²) < 4.78 is 0. The van der Waals surface area contributed by atoms with E-state index in [1.54, 1.807) is 6.07 Å². The average molecular weight is 306 g/mol. The van der Waals surface area contributed by atoms with Crippen LogP contribution < -0.4 is 5.32 Å². The minimum atomic E-state index is -1.06. The van der Waals surface area contributed by atoms with E-state index in [2.05, 4.69) is 16.2 Å². The molecule has 0 saturated heterocycles. The molecule has 5 nitrogen and oxygen atoms in total. The van der Waals surface area contributed by atoms with E-state index in [1.165, 1.54) is 12.3 Å². The second-order valence-electron chi connectivity index (χ2n) is 4.43. The summed E-state index contributed by atoms with van der Waals surface area (Å²) in [4.78, 5) is 27.0. The van der Waals surface area contributed by atoms with Crippen molar-refractivity contribution < 1.29 is 14.7 Å². The van der Waals surface area contributed by atoms with E-state index in [0.717, 1.165) is 11.8 Å². The number of terminal acetylenes is 1. The highest BCUT2D eigenvalue weighted by atomic mass is 32.2. The molecule has 0 bridgehead atoms. The number of hydrogen-bond donors (Lipinski definition) is 2. The zero-order valence-corrected chi connectivity index (χ0v) is 12.9. The number of carbonyl (C=O) groups excluding carboxylic acids is 1. The van der Waals surface area contributed by atoms with Gasteiger partial charge in [0, 0.05) is 6.20 Å². The second kappa shape index (κ2) is 7.70. The quantitative estimate of drug-likeness (QED) is 0.596. The molecule has 0 aliphatic heterocycles. The number of aromatic nitrogens is 1. The number of thioether (sulfide) groups is 1. The molecular weight excluding hydrogens is 288 g/mol. The molecule has 0 spiro atoms. The Labute approximate surface area is 128 Å². The van der Waals surface area contributed by atoms with Crippen molar-refractivity contribution in [2.45, 2.75) is 37.3 Å². The summed E-state index contributed by atoms with van der Waals surface area (Å²) >= 11 is 1.08. The largest absolute Gasteiger partial charge is 0.478 e. The molecule has 0 aliphatic rings. The normalized spacial score (nSPS) is 10.7. The van der Waals surface area contributed by atoms with Gasteiger partial charge in [0.1, 0.15) is 10.6 Å². The molecule has 112 valence electrons. The van der Waals surface area contributed by atoms with Gasteiger partial charge in [-0.3, -0.25) is 4.79 Å². The molecule has 1 aromatic rings. The molecule has 6 heteroatoms. The Morgan fingerprint density at radius 3 is 2.67 bits per heavy atom. The van der Waals surface area contributed by atoms with Gasteiger partial charge in [-0.15, -0.1) is 6.42 Å². The molecule has 1 amide bonds. The Balaban J connectivity index is 2.70. The first-order valence-electron chi connectivity index (χ1n) is 6.58. The lowest BCUT2D eigenvalue weighted by Crippen LogP contribution is -2.47. The van der Waals surface area contributed by atoms with Crippen LogP contribution in [-0.4, -0.2) is 33.3 Å². The monoisotopic (exact) mass is 306 g/mol. The smallest absolute Gasteiger partial charge is 0.338 e. The van der Waals surface area contributed by atoms with Gasteiger partial charge < -0.3 is 10.4 Å². The number of carboxylic acid groups (broad SMARTS) is 1. The molecule has 1 heterocycles. The van der Waals surface area contributed by atoms with Gasteiger partial charge in [0.25, 0.3) is 0 Å². The number of carbonyl (C=O) groups is 2. The highest BCUT2D eigenvalue weighted by Crippen LogP contribution is 2.20. The minimum absolute atomic E-state index is 0.0702. The van der Waals surface area contributed by atoms with E-state index < -0.39 is 11.5 Å². The summed E-state index contributed by atoms with van der Waals surface area (Å²) in [6, 6.07) is 3.00. The first-order chi connectivity index (χ1) is 9.98. The number of carboxylic acids is 1. The molecule has 0 saturated carbocycles. The second-order valence-corrected chi connectivity index (χ2v) is 5.40. The summed E-state index contributed by atoms with van der Waals surface area (Å²) in [5.41, 5.74) is -0.554. The molecule has 0 aromatic carbocycles. The van der Waals surface area contributed by atoms with Crippen molar-refractivity contribution in [2.75, 3.05) is 5.75 Å². The maximum atomic E-state index is 12.0. The van der Waals surface area contributed by atoms with Crippen molar-refractivity contribution in [3.63, 3.8) is 0 Å². The molecule has 2 N–H and O–H groups in total. The first kappa shape index (κ1) is 17.1. The van der Waals surface area contributed by atoms with Crippen LogP contribution in [0.5, 0.6) is 0 Å². The van der Waals surface area contributed by atoms with Crippen LogP contribution in [0.15, 0.2) is 23.4 Å². The van der Waals surface area contributed by atoms with Crippen LogP contribution >= 0.6 is 11.8 Å². The van der Waals surface area contributed by atoms with E-state index >= 15 is 0 Å². The third-order valence-corrected chi connectivity index (χ3v) is 4.21. The maximum absolute atomic E-state index is 12.0. The van der Waals surface area contributed by atoms with Gasteiger partial charge in [-0.1, -0.05) is 31.5 Å². The van der Waals surface area contributed by atoms with E-state index in [1.807, 2.05) is 13.8 Å². The van der Waals surface area contributed by atoms with E-state index in [4.69, 9.17) is 11.5 Å². The van der Waals surface area contributed by atoms with Crippen molar-refractivity contribution in [3.8, 4) is 12.3 Å². The Morgan fingerprint density at radius 2 is 2.14 bits per heavy atom. The number of rotatable bonds is 7. The fourth-order valence-corrected chi connectivity index (χ4v) is 2.56. The number of nitrogens with one attached hydrogen (secondary N) is 1. The predicted molar refractivity (Wildman–Crippen MR) is 82.2 cm³/mol. The van der Waals surface area contributed by atoms with E-state index in [-0.39, 0.29) is 17.2 Å². The van der Waals surface area contributed by atoms with Crippen molar-refractivity contribution in [2.24, 2.45) is 0 Å². The van der Waals surface area contributed by atoms with Crippen LogP contribution in [0.1, 0.15) is 37.0 Å². The third kappa shape index (κ3) is 4.50. The highest BCUT2D eigenvalue weighted by molar-refractivity contribution is 8.00. The van der Waals surface area contributed by atoms with Gasteiger partial charge in [0.05, 0.1) is 11.3 Å². The first-order valence-corrected chi connectivity index (χ1v) is 7.56. The standard InChI is InChI=1S/C15H18N2O3S/c1-4-15(5-2,6-3)17-12(18)10-21-13-11(14(19)20)8-7-9-16-13/h1,7-9H,5-6,10H2,2-3H3,(H,17,18)(H,19,20). The lowest BCUT2D eigenvalue weighted by Gasteiger charge is -2.26. The SMILES string of the molecule is C#CC(CC)(CC)NC(=O)CSc1ncccc1C(=O)O. The summed E-state index contributed by atoms with van der Waals surface area (Å²) in [6.07, 6.45) is 8.26. The number of pyridine rings is 1. The molecule has 21 heavy (non-hydrogen) atoms. The minimum Gasteiger partial charge on any atom is -0.478 e. The molecule has 0 fully saturated rings. The van der Waals surface area contributed by atoms with Crippen molar-refractivity contribution in [3.05, 3.63) is 23.9 Å². The van der Waals surface area contributed by atoms with Crippen molar-refractivity contribution in [1.29, 1.82) is 0 Å². The summed E-state index contributed by atoms with van der Waals surface area (Å²) in [5.74, 6) is 1.40. The third-order valence-electron chi connectivity index (χ3n) is 3.20. The molecule has 0 aliphatic carbocycles. The van der Waals surface area contributed by atoms with Gasteiger partial charge in [-0.05, 0) is 25.0 Å². The van der Waals surface area contributed by atoms with Crippen LogP contribution in [0.3, 0.4) is 0 Å². The van der Waals surface area contributed by atoms with Gasteiger partial charge in [0.2, 0.25) is 5.91 Å². The van der Waals surface area contributed by atoms with Gasteiger partial charge in [0.15, 0.2) is 0 Å². The van der Waals surface area contributed by atoms with E-state index in [0.29, 0.717) is 17.9 Å². The molecule has 0 unspecified atom stereocenters. The number of hydrogen-bond acceptors (Lipinski definition) is 4. The lowest BCUT2D eigenvalue weighted by atomic mass is 9.94. The van der Waals surface area contributed by atoms with Gasteiger partial charge in [-0.2, -0.15) is 0 Å². The van der Waals surface area contributed by atoms with Gasteiger partial charge in [-0.25, -0.2) is 9.78 Å². The molecule has 1 aromatic heterocycles. The molecule has 0 atom stereocenters. The number of aromatic carboxylic acids is 1. The Hall–Kier alpha value is -2.00. The number of amides is 1. The van der Waals surface area contributed by atoms with E-state index in [9.17, 15) is 9.59 Å². The fourth-order valence-electron chi connectivity index (χ4n) is 1.77. The highest BCUT2D eigenvalue weighted by Gasteiger charge is 2.25. The Kier molecular flexibility index (Phi) is 6.25. The molecule has 1 rings (SSSR count). The van der Waals surface area contributed by atoms with Crippen molar-refractivity contribution >= 4 is 23.6 Å². The maximum Gasteiger partial charge on any atom is 0.338 e. The van der Waals surface area contributed by atoms with Crippen LogP contribution in [0.2, 0.25) is 0 Å². The van der Waals surface area contributed by atoms with Crippen LogP contribution in [0.25, 0.3) is 0 Å². The van der Waals surface area contributed by atoms with Crippen molar-refractivity contribution in [1.82, 2.24) is 10.3 Å². The topological polar surface area (TPSA) is 79.3 Å². The van der Waals surface area contributed by atoms with Crippen LogP contribution in [0.4, 0.5) is 0 Å². The summed E-state index contributed by atoms with van der Waals surface area (Å²) in [5, 5.41) is 12.2. The Bertz CT molecular complexity index is 562. The Morgan fingerprint density at radius 1 is 1.48 bits per heavy atom. The van der Waals surface area contributed by atoms with Gasteiger partial charge >= 0.3 is 5.97 Å². The zero-order chi connectivity index (χ0) is 15.9. The fraction of sp³-hybridized carbons (Fsp3) is 0.400. The molecular formula is C15H18N2O3S. The molecule has 0 radical (unpaired) electrons. The van der Waals surface area contributed by atoms with Crippen LogP contribution in [-0.2, 0) is 4.79 Å². The summed E-state index contributed by atoms with van der Waals surface area (Å²) in [6.45, 7) is 3.83. The number of nitrogens with zero attached hydrogens (tertiary/aromatic N) is 1. The van der Waals surface area contributed by atoms with Crippen LogP contribution in [0, 0.1) is 12.3 Å². The zero-order valence-electron chi connectivity index (χ0n) is 12.0. The summed E-state index contributed by atoms with van der Waals surface area (Å²) in [7, 11) is 0. The average Bonchev–Trinajstić information content (AvgIpc) is 2.51. The lowest BCUT2D eigenvalue weighted by molar-refractivity contribution is -0.119.